The van der Waals surface area contributed by atoms with Crippen molar-refractivity contribution in [2.24, 2.45) is 17.6 Å². The first-order valence-corrected chi connectivity index (χ1v) is 6.91. The maximum atomic E-state index is 12.4. The number of carbonyl (C=O) groups is 1. The lowest BCUT2D eigenvalue weighted by Crippen LogP contribution is -2.25. The van der Waals surface area contributed by atoms with Gasteiger partial charge in [0, 0.05) is 18.0 Å². The van der Waals surface area contributed by atoms with Crippen molar-refractivity contribution in [2.45, 2.75) is 40.0 Å². The number of hydrogen-bond acceptors (Lipinski definition) is 2. The van der Waals surface area contributed by atoms with Crippen LogP contribution in [0.3, 0.4) is 0 Å². The van der Waals surface area contributed by atoms with Gasteiger partial charge >= 0.3 is 0 Å². The summed E-state index contributed by atoms with van der Waals surface area (Å²) in [6.07, 6.45) is 3.00. The number of aryl methyl sites for hydroxylation is 1. The predicted molar refractivity (Wildman–Crippen MR) is 76.8 cm³/mol. The quantitative estimate of drug-likeness (QED) is 0.750. The van der Waals surface area contributed by atoms with Crippen molar-refractivity contribution in [1.82, 2.24) is 0 Å². The van der Waals surface area contributed by atoms with Gasteiger partial charge in [-0.2, -0.15) is 0 Å². The zero-order valence-corrected chi connectivity index (χ0v) is 11.8. The highest BCUT2D eigenvalue weighted by molar-refractivity contribution is 5.98. The molecule has 2 heteroatoms. The Morgan fingerprint density at radius 1 is 1.33 bits per heavy atom. The number of carbonyl (C=O) groups excluding carboxylic acids is 1. The molecule has 0 aliphatic rings. The molecule has 0 saturated heterocycles. The predicted octanol–water partition coefficient (Wildman–Crippen LogP) is 3.44. The number of nitrogens with two attached hydrogens (primary N) is 1. The smallest absolute Gasteiger partial charge is 0.167 e. The Kier molecular flexibility index (Phi) is 6.06. The van der Waals surface area contributed by atoms with Crippen LogP contribution in [0.1, 0.15) is 49.5 Å². The Labute approximate surface area is 111 Å². The first-order valence-electron chi connectivity index (χ1n) is 6.91. The van der Waals surface area contributed by atoms with Crippen LogP contribution in [-0.2, 0) is 6.42 Å². The summed E-state index contributed by atoms with van der Waals surface area (Å²) in [5.74, 6) is 0.660. The molecule has 0 amide bonds. The summed E-state index contributed by atoms with van der Waals surface area (Å²) in [6, 6.07) is 7.99. The van der Waals surface area contributed by atoms with Crippen molar-refractivity contribution in [3.8, 4) is 0 Å². The van der Waals surface area contributed by atoms with Gasteiger partial charge in [-0.3, -0.25) is 4.79 Å². The van der Waals surface area contributed by atoms with E-state index in [9.17, 15) is 4.79 Å². The van der Waals surface area contributed by atoms with Crippen molar-refractivity contribution in [2.75, 3.05) is 6.54 Å². The lowest BCUT2D eigenvalue weighted by Gasteiger charge is -2.16. The van der Waals surface area contributed by atoms with Crippen molar-refractivity contribution < 1.29 is 4.79 Å². The fourth-order valence-corrected chi connectivity index (χ4v) is 2.28. The van der Waals surface area contributed by atoms with Crippen LogP contribution in [-0.4, -0.2) is 12.3 Å². The van der Waals surface area contributed by atoms with Crippen molar-refractivity contribution in [1.29, 1.82) is 0 Å². The van der Waals surface area contributed by atoms with E-state index in [0.717, 1.165) is 24.8 Å². The van der Waals surface area contributed by atoms with Gasteiger partial charge in [-0.25, -0.2) is 0 Å². The van der Waals surface area contributed by atoms with E-state index in [4.69, 9.17) is 5.73 Å². The van der Waals surface area contributed by atoms with E-state index in [-0.39, 0.29) is 11.7 Å². The number of Topliss-reactive ketones (excluding diaryl/α,β-unsaturated/α-hetero) is 1. The lowest BCUT2D eigenvalue weighted by molar-refractivity contribution is 0.0908. The van der Waals surface area contributed by atoms with Crippen LogP contribution in [0, 0.1) is 11.8 Å². The van der Waals surface area contributed by atoms with Gasteiger partial charge in [-0.05, 0) is 30.4 Å². The maximum Gasteiger partial charge on any atom is 0.167 e. The third-order valence-electron chi connectivity index (χ3n) is 3.16. The Hall–Kier alpha value is -1.15. The Morgan fingerprint density at radius 2 is 2.06 bits per heavy atom. The number of ketones is 1. The monoisotopic (exact) mass is 247 g/mol. The van der Waals surface area contributed by atoms with Crippen molar-refractivity contribution in [3.63, 3.8) is 0 Å². The number of hydrogen-bond donors (Lipinski definition) is 1. The van der Waals surface area contributed by atoms with Crippen molar-refractivity contribution >= 4 is 5.78 Å². The van der Waals surface area contributed by atoms with Crippen LogP contribution in [0.4, 0.5) is 0 Å². The Morgan fingerprint density at radius 3 is 2.61 bits per heavy atom. The molecule has 2 nitrogen and oxygen atoms in total. The molecule has 0 saturated carbocycles. The highest BCUT2D eigenvalue weighted by Crippen LogP contribution is 2.18. The van der Waals surface area contributed by atoms with Gasteiger partial charge < -0.3 is 5.73 Å². The summed E-state index contributed by atoms with van der Waals surface area (Å²) in [5, 5.41) is 0. The molecule has 0 aromatic heterocycles. The summed E-state index contributed by atoms with van der Waals surface area (Å²) in [6.45, 7) is 6.85. The molecular weight excluding hydrogens is 222 g/mol. The topological polar surface area (TPSA) is 43.1 Å². The molecule has 0 spiro atoms. The molecule has 100 valence electrons. The summed E-state index contributed by atoms with van der Waals surface area (Å²) in [5.41, 5.74) is 7.79. The lowest BCUT2D eigenvalue weighted by atomic mass is 9.89. The molecule has 2 N–H and O–H groups in total. The van der Waals surface area contributed by atoms with E-state index in [0.29, 0.717) is 12.5 Å². The zero-order chi connectivity index (χ0) is 13.5. The van der Waals surface area contributed by atoms with Gasteiger partial charge in [0.15, 0.2) is 5.78 Å². The van der Waals surface area contributed by atoms with E-state index in [1.54, 1.807) is 0 Å². The molecule has 1 unspecified atom stereocenters. The van der Waals surface area contributed by atoms with Crippen LogP contribution in [0.2, 0.25) is 0 Å². The number of rotatable bonds is 7. The van der Waals surface area contributed by atoms with Gasteiger partial charge in [0.1, 0.15) is 0 Å². The van der Waals surface area contributed by atoms with Crippen molar-refractivity contribution in [3.05, 3.63) is 35.4 Å². The maximum absolute atomic E-state index is 12.4. The van der Waals surface area contributed by atoms with Crippen LogP contribution >= 0.6 is 0 Å². The highest BCUT2D eigenvalue weighted by Gasteiger charge is 2.19. The van der Waals surface area contributed by atoms with Gasteiger partial charge in [-0.15, -0.1) is 0 Å². The van der Waals surface area contributed by atoms with E-state index in [1.165, 1.54) is 5.56 Å². The SMILES string of the molecule is CCCc1cccc(C(=O)C(CN)CC(C)C)c1. The second kappa shape index (κ2) is 7.32. The molecule has 0 fully saturated rings. The normalized spacial score (nSPS) is 12.7. The van der Waals surface area contributed by atoms with Crippen LogP contribution in [0.15, 0.2) is 24.3 Å². The molecule has 0 bridgehead atoms. The molecule has 1 rings (SSSR count). The standard InChI is InChI=1S/C16H25NO/c1-4-6-13-7-5-8-14(10-13)16(18)15(11-17)9-12(2)3/h5,7-8,10,12,15H,4,6,9,11,17H2,1-3H3. The molecule has 0 aliphatic carbocycles. The van der Waals surface area contributed by atoms with E-state index in [2.05, 4.69) is 26.8 Å². The number of benzene rings is 1. The molecule has 1 aromatic carbocycles. The zero-order valence-electron chi connectivity index (χ0n) is 11.8. The minimum atomic E-state index is -0.0399. The Bertz CT molecular complexity index is 384. The Balaban J connectivity index is 2.84. The summed E-state index contributed by atoms with van der Waals surface area (Å²) in [4.78, 5) is 12.4. The molecule has 1 aromatic rings. The summed E-state index contributed by atoms with van der Waals surface area (Å²) < 4.78 is 0. The first-order chi connectivity index (χ1) is 8.58. The third-order valence-corrected chi connectivity index (χ3v) is 3.16. The minimum absolute atomic E-state index is 0.0399. The largest absolute Gasteiger partial charge is 0.330 e. The van der Waals surface area contributed by atoms with E-state index < -0.39 is 0 Å². The van der Waals surface area contributed by atoms with Crippen LogP contribution < -0.4 is 5.73 Å². The molecule has 0 aliphatic heterocycles. The second-order valence-electron chi connectivity index (χ2n) is 5.38. The van der Waals surface area contributed by atoms with E-state index >= 15 is 0 Å². The summed E-state index contributed by atoms with van der Waals surface area (Å²) in [7, 11) is 0. The minimum Gasteiger partial charge on any atom is -0.330 e. The van der Waals surface area contributed by atoms with Gasteiger partial charge in [0.2, 0.25) is 0 Å². The first kappa shape index (κ1) is 14.9. The fraction of sp³-hybridized carbons (Fsp3) is 0.562. The average Bonchev–Trinajstić information content (AvgIpc) is 2.35. The average molecular weight is 247 g/mol. The van der Waals surface area contributed by atoms with Crippen LogP contribution in [0.5, 0.6) is 0 Å². The van der Waals surface area contributed by atoms with Gasteiger partial charge in [0.05, 0.1) is 0 Å². The summed E-state index contributed by atoms with van der Waals surface area (Å²) >= 11 is 0. The highest BCUT2D eigenvalue weighted by atomic mass is 16.1. The van der Waals surface area contributed by atoms with Crippen LogP contribution in [0.25, 0.3) is 0 Å². The van der Waals surface area contributed by atoms with E-state index in [1.807, 2.05) is 18.2 Å². The molecular formula is C16H25NO. The fourth-order valence-electron chi connectivity index (χ4n) is 2.28. The second-order valence-corrected chi connectivity index (χ2v) is 5.38. The van der Waals surface area contributed by atoms with Gasteiger partial charge in [-0.1, -0.05) is 45.4 Å². The molecule has 18 heavy (non-hydrogen) atoms. The van der Waals surface area contributed by atoms with Gasteiger partial charge in [0.25, 0.3) is 0 Å². The molecule has 0 heterocycles. The third kappa shape index (κ3) is 4.26. The molecule has 0 radical (unpaired) electrons. The molecule has 1 atom stereocenters.